The molecule has 0 radical (unpaired) electrons. The van der Waals surface area contributed by atoms with Crippen LogP contribution in [0.4, 0.5) is 0 Å². The maximum Gasteiger partial charge on any atom is 0.299 e. The molecule has 0 aromatic carbocycles. The molecular weight excluding hydrogens is 164 g/mol. The van der Waals surface area contributed by atoms with Gasteiger partial charge in [-0.05, 0) is 0 Å². The molecule has 0 saturated carbocycles. The van der Waals surface area contributed by atoms with Gasteiger partial charge in [0, 0.05) is 6.42 Å². The minimum absolute atomic E-state index is 0.0625. The van der Waals surface area contributed by atoms with Gasteiger partial charge < -0.3 is 15.3 Å². The molecule has 6 nitrogen and oxygen atoms in total. The van der Waals surface area contributed by atoms with E-state index < -0.39 is 17.3 Å². The lowest BCUT2D eigenvalue weighted by Crippen LogP contribution is -2.24. The van der Waals surface area contributed by atoms with Gasteiger partial charge in [0.2, 0.25) is 0 Å². The molecule has 0 aromatic heterocycles. The third kappa shape index (κ3) is 44.1. The highest BCUT2D eigenvalue weighted by Crippen LogP contribution is 1.95. The SMILES string of the molecule is CCC(O)(O)O.O=S(O)O. The van der Waals surface area contributed by atoms with E-state index in [0.717, 1.165) is 0 Å². The van der Waals surface area contributed by atoms with Crippen LogP contribution in [0.5, 0.6) is 0 Å². The Labute approximate surface area is 60.2 Å². The summed E-state index contributed by atoms with van der Waals surface area (Å²) < 4.78 is 22.8. The average Bonchev–Trinajstić information content (AvgIpc) is 1.63. The van der Waals surface area contributed by atoms with Crippen molar-refractivity contribution in [1.29, 1.82) is 0 Å². The van der Waals surface area contributed by atoms with E-state index in [1.807, 2.05) is 0 Å². The molecule has 0 unspecified atom stereocenters. The van der Waals surface area contributed by atoms with E-state index in [2.05, 4.69) is 0 Å². The van der Waals surface area contributed by atoms with Gasteiger partial charge in [-0.25, -0.2) is 0 Å². The van der Waals surface area contributed by atoms with Gasteiger partial charge in [0.1, 0.15) is 0 Å². The van der Waals surface area contributed by atoms with Gasteiger partial charge >= 0.3 is 0 Å². The minimum atomic E-state index is -2.61. The fourth-order valence-electron chi connectivity index (χ4n) is 0. The van der Waals surface area contributed by atoms with Gasteiger partial charge in [0.15, 0.2) is 0 Å². The van der Waals surface area contributed by atoms with Crippen molar-refractivity contribution >= 4 is 11.4 Å². The smallest absolute Gasteiger partial charge is 0.299 e. The van der Waals surface area contributed by atoms with E-state index in [4.69, 9.17) is 28.6 Å². The second-order valence-corrected chi connectivity index (χ2v) is 1.82. The summed E-state index contributed by atoms with van der Waals surface area (Å²) in [5.41, 5.74) is 0. The molecule has 0 atom stereocenters. The van der Waals surface area contributed by atoms with Gasteiger partial charge in [-0.3, -0.25) is 9.11 Å². The summed E-state index contributed by atoms with van der Waals surface area (Å²) in [4.78, 5) is 0. The maximum absolute atomic E-state index is 8.67. The van der Waals surface area contributed by atoms with Crippen molar-refractivity contribution in [2.75, 3.05) is 0 Å². The van der Waals surface area contributed by atoms with Crippen molar-refractivity contribution in [3.63, 3.8) is 0 Å². The van der Waals surface area contributed by atoms with Crippen LogP contribution in [0.3, 0.4) is 0 Å². The number of hydrogen-bond donors (Lipinski definition) is 5. The lowest BCUT2D eigenvalue weighted by Gasteiger charge is -2.08. The van der Waals surface area contributed by atoms with Gasteiger partial charge in [-0.15, -0.1) is 0 Å². The number of hydrogen-bond acceptors (Lipinski definition) is 4. The van der Waals surface area contributed by atoms with Crippen LogP contribution < -0.4 is 0 Å². The van der Waals surface area contributed by atoms with E-state index in [1.54, 1.807) is 0 Å². The third-order valence-electron chi connectivity index (χ3n) is 0.474. The predicted molar refractivity (Wildman–Crippen MR) is 33.1 cm³/mol. The van der Waals surface area contributed by atoms with E-state index in [9.17, 15) is 0 Å². The Bertz CT molecular complexity index is 91.7. The first-order valence-electron chi connectivity index (χ1n) is 2.26. The molecule has 0 fully saturated rings. The van der Waals surface area contributed by atoms with Crippen molar-refractivity contribution in [2.45, 2.75) is 19.3 Å². The Hall–Kier alpha value is -0.0500. The Kier molecular flexibility index (Phi) is 7.21. The largest absolute Gasteiger partial charge is 0.344 e. The maximum atomic E-state index is 8.67. The van der Waals surface area contributed by atoms with Crippen LogP contribution in [-0.4, -0.2) is 34.6 Å². The molecule has 5 N–H and O–H groups in total. The van der Waals surface area contributed by atoms with Crippen LogP contribution in [0.25, 0.3) is 0 Å². The topological polar surface area (TPSA) is 118 Å². The molecule has 0 saturated heterocycles. The molecule has 64 valence electrons. The lowest BCUT2D eigenvalue weighted by molar-refractivity contribution is -0.312. The zero-order chi connectivity index (χ0) is 8.78. The van der Waals surface area contributed by atoms with Crippen molar-refractivity contribution in [1.82, 2.24) is 0 Å². The molecule has 0 aliphatic heterocycles. The lowest BCUT2D eigenvalue weighted by atomic mass is 10.4. The summed E-state index contributed by atoms with van der Waals surface area (Å²) in [6.45, 7) is 1.46. The van der Waals surface area contributed by atoms with Crippen LogP contribution >= 0.6 is 0 Å². The summed E-state index contributed by atoms with van der Waals surface area (Å²) in [5, 5.41) is 23.8. The predicted octanol–water partition coefficient (Wildman–Crippen LogP) is -1.29. The van der Waals surface area contributed by atoms with Crippen LogP contribution in [0, 0.1) is 0 Å². The Morgan fingerprint density at radius 3 is 1.40 bits per heavy atom. The number of aliphatic hydroxyl groups is 3. The van der Waals surface area contributed by atoms with Gasteiger partial charge in [0.25, 0.3) is 17.3 Å². The van der Waals surface area contributed by atoms with Crippen LogP contribution in [0.15, 0.2) is 0 Å². The molecule has 0 heterocycles. The highest BCUT2D eigenvalue weighted by atomic mass is 32.2. The minimum Gasteiger partial charge on any atom is -0.344 e. The van der Waals surface area contributed by atoms with Crippen molar-refractivity contribution in [2.24, 2.45) is 0 Å². The normalized spacial score (nSPS) is 10.7. The molecule has 0 aromatic rings. The molecule has 0 bridgehead atoms. The van der Waals surface area contributed by atoms with Crippen LogP contribution in [-0.2, 0) is 11.4 Å². The second kappa shape index (κ2) is 5.71. The van der Waals surface area contributed by atoms with E-state index in [0.29, 0.717) is 0 Å². The summed E-state index contributed by atoms with van der Waals surface area (Å²) in [7, 11) is 0. The van der Waals surface area contributed by atoms with Crippen molar-refractivity contribution in [3.8, 4) is 0 Å². The van der Waals surface area contributed by atoms with E-state index in [1.165, 1.54) is 6.92 Å². The molecule has 0 amide bonds. The average molecular weight is 174 g/mol. The molecular formula is C3H10O6S. The zero-order valence-corrected chi connectivity index (χ0v) is 6.08. The monoisotopic (exact) mass is 174 g/mol. The van der Waals surface area contributed by atoms with Crippen LogP contribution in [0.2, 0.25) is 0 Å². The second-order valence-electron chi connectivity index (χ2n) is 1.36. The highest BCUT2D eigenvalue weighted by Gasteiger charge is 2.11. The first-order valence-corrected chi connectivity index (χ1v) is 3.33. The van der Waals surface area contributed by atoms with Gasteiger partial charge in [0.05, 0.1) is 0 Å². The number of rotatable bonds is 1. The highest BCUT2D eigenvalue weighted by molar-refractivity contribution is 7.73. The van der Waals surface area contributed by atoms with Gasteiger partial charge in [-0.2, -0.15) is 4.21 Å². The molecule has 0 rings (SSSR count). The van der Waals surface area contributed by atoms with E-state index in [-0.39, 0.29) is 6.42 Å². The Morgan fingerprint density at radius 1 is 1.30 bits per heavy atom. The summed E-state index contributed by atoms with van der Waals surface area (Å²) in [5.74, 6) is -2.46. The van der Waals surface area contributed by atoms with Crippen LogP contribution in [0.1, 0.15) is 13.3 Å². The molecule has 7 heteroatoms. The summed E-state index contributed by atoms with van der Waals surface area (Å²) >= 11 is -2.61. The Balaban J connectivity index is 0. The zero-order valence-electron chi connectivity index (χ0n) is 5.26. The molecule has 0 spiro atoms. The molecule has 10 heavy (non-hydrogen) atoms. The Morgan fingerprint density at radius 2 is 1.40 bits per heavy atom. The quantitative estimate of drug-likeness (QED) is 0.249. The standard InChI is InChI=1S/C3H8O3.H2O3S/c1-2-3(4,5)6;1-4(2)3/h4-6H,2H2,1H3;(H2,1,2,3). The van der Waals surface area contributed by atoms with E-state index >= 15 is 0 Å². The summed E-state index contributed by atoms with van der Waals surface area (Å²) in [6, 6.07) is 0. The van der Waals surface area contributed by atoms with Crippen molar-refractivity contribution in [3.05, 3.63) is 0 Å². The molecule has 0 aliphatic rings. The fourth-order valence-corrected chi connectivity index (χ4v) is 0. The third-order valence-corrected chi connectivity index (χ3v) is 0.474. The first kappa shape index (κ1) is 12.6. The molecule has 0 aliphatic carbocycles. The van der Waals surface area contributed by atoms with Gasteiger partial charge in [-0.1, -0.05) is 6.92 Å². The first-order chi connectivity index (χ1) is 4.29. The summed E-state index contributed by atoms with van der Waals surface area (Å²) in [6.07, 6.45) is -0.0625. The fraction of sp³-hybridized carbons (Fsp3) is 1.00. The van der Waals surface area contributed by atoms with Crippen molar-refractivity contribution < 1.29 is 28.6 Å².